The molecule has 0 spiro atoms. The fourth-order valence-corrected chi connectivity index (χ4v) is 1.62. The zero-order valence-corrected chi connectivity index (χ0v) is 10.8. The topological polar surface area (TPSA) is 87.7 Å². The Kier molecular flexibility index (Phi) is 10.9. The highest BCUT2D eigenvalue weighted by molar-refractivity contribution is 7.98. The molecule has 0 aromatic carbocycles. The van der Waals surface area contributed by atoms with Crippen LogP contribution in [0.25, 0.3) is 0 Å². The number of hydrogen-bond donors (Lipinski definition) is 3. The van der Waals surface area contributed by atoms with Gasteiger partial charge in [-0.25, -0.2) is 15.1 Å². The number of carboxylic acids is 1. The zero-order chi connectivity index (χ0) is 12.9. The Balaban J connectivity index is 3.19. The minimum atomic E-state index is -1.13. The SMILES string of the molecule is CSCCCCCCNC(=O)NOCC(=O)O. The first-order valence-corrected chi connectivity index (χ1v) is 6.92. The number of hydrogen-bond acceptors (Lipinski definition) is 4. The van der Waals surface area contributed by atoms with Crippen molar-refractivity contribution in [3.8, 4) is 0 Å². The fraction of sp³-hybridized carbons (Fsp3) is 0.800. The Labute approximate surface area is 105 Å². The number of nitrogens with one attached hydrogen (secondary N) is 2. The molecule has 0 aliphatic heterocycles. The largest absolute Gasteiger partial charge is 0.479 e. The molecule has 0 aromatic rings. The lowest BCUT2D eigenvalue weighted by Crippen LogP contribution is -2.37. The number of carbonyl (C=O) groups excluding carboxylic acids is 1. The van der Waals surface area contributed by atoms with Gasteiger partial charge in [0.25, 0.3) is 0 Å². The van der Waals surface area contributed by atoms with E-state index in [4.69, 9.17) is 5.11 Å². The van der Waals surface area contributed by atoms with E-state index in [1.807, 2.05) is 17.2 Å². The van der Waals surface area contributed by atoms with Crippen LogP contribution >= 0.6 is 11.8 Å². The molecule has 0 aromatic heterocycles. The van der Waals surface area contributed by atoms with Crippen LogP contribution < -0.4 is 10.8 Å². The van der Waals surface area contributed by atoms with Gasteiger partial charge in [0.2, 0.25) is 0 Å². The average Bonchev–Trinajstić information content (AvgIpc) is 2.27. The number of amides is 2. The van der Waals surface area contributed by atoms with E-state index >= 15 is 0 Å². The molecule has 0 atom stereocenters. The second-order valence-corrected chi connectivity index (χ2v) is 4.43. The standard InChI is InChI=1S/C10H20N2O4S/c1-17-7-5-3-2-4-6-11-10(15)12-16-8-9(13)14/h2-8H2,1H3,(H,13,14)(H2,11,12,15). The molecule has 100 valence electrons. The summed E-state index contributed by atoms with van der Waals surface area (Å²) in [5.74, 6) is 0.0517. The summed E-state index contributed by atoms with van der Waals surface area (Å²) in [6, 6.07) is -0.504. The molecule has 3 N–H and O–H groups in total. The number of urea groups is 1. The van der Waals surface area contributed by atoms with E-state index in [1.54, 1.807) is 0 Å². The molecule has 0 aliphatic carbocycles. The first kappa shape index (κ1) is 16.1. The lowest BCUT2D eigenvalue weighted by molar-refractivity contribution is -0.144. The zero-order valence-electron chi connectivity index (χ0n) is 10.0. The van der Waals surface area contributed by atoms with Crippen LogP contribution in [0.2, 0.25) is 0 Å². The van der Waals surface area contributed by atoms with Gasteiger partial charge in [0.05, 0.1) is 0 Å². The van der Waals surface area contributed by atoms with Gasteiger partial charge in [-0.3, -0.25) is 4.84 Å². The monoisotopic (exact) mass is 264 g/mol. The van der Waals surface area contributed by atoms with E-state index in [2.05, 4.69) is 16.4 Å². The van der Waals surface area contributed by atoms with E-state index in [9.17, 15) is 9.59 Å². The fourth-order valence-electron chi connectivity index (χ4n) is 1.13. The maximum atomic E-state index is 11.0. The van der Waals surface area contributed by atoms with E-state index in [0.717, 1.165) is 12.8 Å². The van der Waals surface area contributed by atoms with Gasteiger partial charge in [0.15, 0.2) is 6.61 Å². The molecule has 0 radical (unpaired) electrons. The van der Waals surface area contributed by atoms with Crippen molar-refractivity contribution in [1.29, 1.82) is 0 Å². The maximum absolute atomic E-state index is 11.0. The molecule has 0 aliphatic rings. The van der Waals surface area contributed by atoms with Crippen LogP contribution in [0.5, 0.6) is 0 Å². The summed E-state index contributed by atoms with van der Waals surface area (Å²) in [5.41, 5.74) is 1.99. The molecular weight excluding hydrogens is 244 g/mol. The smallest absolute Gasteiger partial charge is 0.338 e. The molecule has 17 heavy (non-hydrogen) atoms. The lowest BCUT2D eigenvalue weighted by Gasteiger charge is -2.06. The minimum absolute atomic E-state index is 0.504. The highest BCUT2D eigenvalue weighted by atomic mass is 32.2. The molecule has 6 nitrogen and oxygen atoms in total. The first-order chi connectivity index (χ1) is 8.16. The molecule has 0 heterocycles. The van der Waals surface area contributed by atoms with Crippen molar-refractivity contribution in [2.24, 2.45) is 0 Å². The second kappa shape index (κ2) is 11.5. The van der Waals surface area contributed by atoms with Gasteiger partial charge in [0, 0.05) is 6.54 Å². The molecule has 0 rings (SSSR count). The van der Waals surface area contributed by atoms with Crippen molar-refractivity contribution < 1.29 is 19.5 Å². The van der Waals surface area contributed by atoms with Crippen LogP contribution in [0, 0.1) is 0 Å². The molecule has 0 saturated heterocycles. The van der Waals surface area contributed by atoms with Gasteiger partial charge in [0.1, 0.15) is 0 Å². The Morgan fingerprint density at radius 1 is 1.24 bits per heavy atom. The van der Waals surface area contributed by atoms with E-state index in [0.29, 0.717) is 6.54 Å². The summed E-state index contributed by atoms with van der Waals surface area (Å²) in [6.45, 7) is 0.0314. The normalized spacial score (nSPS) is 9.94. The summed E-state index contributed by atoms with van der Waals surface area (Å²) in [5, 5.41) is 10.8. The maximum Gasteiger partial charge on any atom is 0.338 e. The van der Waals surface area contributed by atoms with E-state index in [-0.39, 0.29) is 0 Å². The second-order valence-electron chi connectivity index (χ2n) is 3.45. The van der Waals surface area contributed by atoms with Gasteiger partial charge in [-0.2, -0.15) is 11.8 Å². The van der Waals surface area contributed by atoms with Crippen LogP contribution in [-0.4, -0.2) is 42.3 Å². The number of thioether (sulfide) groups is 1. The summed E-state index contributed by atoms with van der Waals surface area (Å²) in [7, 11) is 0. The van der Waals surface area contributed by atoms with Crippen molar-refractivity contribution in [3.63, 3.8) is 0 Å². The van der Waals surface area contributed by atoms with Gasteiger partial charge < -0.3 is 10.4 Å². The number of carbonyl (C=O) groups is 2. The Hall–Kier alpha value is -0.950. The third-order valence-electron chi connectivity index (χ3n) is 1.92. The van der Waals surface area contributed by atoms with Gasteiger partial charge in [-0.05, 0) is 24.9 Å². The van der Waals surface area contributed by atoms with Crippen molar-refractivity contribution in [2.45, 2.75) is 25.7 Å². The highest BCUT2D eigenvalue weighted by Gasteiger charge is 2.01. The van der Waals surface area contributed by atoms with E-state index < -0.39 is 18.6 Å². The predicted molar refractivity (Wildman–Crippen MR) is 67.0 cm³/mol. The van der Waals surface area contributed by atoms with Crippen molar-refractivity contribution in [3.05, 3.63) is 0 Å². The number of aliphatic carboxylic acids is 1. The Morgan fingerprint density at radius 3 is 2.59 bits per heavy atom. The van der Waals surface area contributed by atoms with Gasteiger partial charge in [-0.15, -0.1) is 0 Å². The van der Waals surface area contributed by atoms with Gasteiger partial charge >= 0.3 is 12.0 Å². The molecular formula is C10H20N2O4S. The quantitative estimate of drug-likeness (QED) is 0.408. The van der Waals surface area contributed by atoms with Crippen molar-refractivity contribution >= 4 is 23.8 Å². The average molecular weight is 264 g/mol. The summed E-state index contributed by atoms with van der Waals surface area (Å²) < 4.78 is 0. The summed E-state index contributed by atoms with van der Waals surface area (Å²) in [6.07, 6.45) is 6.45. The molecule has 0 fully saturated rings. The predicted octanol–water partition coefficient (Wildman–Crippen LogP) is 1.23. The van der Waals surface area contributed by atoms with Crippen molar-refractivity contribution in [2.75, 3.05) is 25.2 Å². The lowest BCUT2D eigenvalue weighted by atomic mass is 10.2. The molecule has 0 bridgehead atoms. The van der Waals surface area contributed by atoms with Crippen LogP contribution in [0.1, 0.15) is 25.7 Å². The number of unbranched alkanes of at least 4 members (excludes halogenated alkanes) is 3. The minimum Gasteiger partial charge on any atom is -0.479 e. The van der Waals surface area contributed by atoms with Crippen LogP contribution in [0.3, 0.4) is 0 Å². The third-order valence-corrected chi connectivity index (χ3v) is 2.62. The van der Waals surface area contributed by atoms with E-state index in [1.165, 1.54) is 18.6 Å². The van der Waals surface area contributed by atoms with Crippen LogP contribution in [0.4, 0.5) is 4.79 Å². The number of hydroxylamine groups is 1. The number of carboxylic acid groups (broad SMARTS) is 1. The molecule has 0 saturated carbocycles. The van der Waals surface area contributed by atoms with Crippen LogP contribution in [0.15, 0.2) is 0 Å². The van der Waals surface area contributed by atoms with Crippen LogP contribution in [-0.2, 0) is 9.63 Å². The molecule has 7 heteroatoms. The highest BCUT2D eigenvalue weighted by Crippen LogP contribution is 2.03. The Bertz CT molecular complexity index is 226. The van der Waals surface area contributed by atoms with Gasteiger partial charge in [-0.1, -0.05) is 12.8 Å². The third kappa shape index (κ3) is 13.0. The number of rotatable bonds is 10. The first-order valence-electron chi connectivity index (χ1n) is 5.53. The Morgan fingerprint density at radius 2 is 1.94 bits per heavy atom. The summed E-state index contributed by atoms with van der Waals surface area (Å²) in [4.78, 5) is 25.5. The summed E-state index contributed by atoms with van der Waals surface area (Å²) >= 11 is 1.84. The molecule has 2 amide bonds. The van der Waals surface area contributed by atoms with Crippen molar-refractivity contribution in [1.82, 2.24) is 10.8 Å². The molecule has 0 unspecified atom stereocenters.